The van der Waals surface area contributed by atoms with Gasteiger partial charge in [0.15, 0.2) is 10.8 Å². The van der Waals surface area contributed by atoms with Gasteiger partial charge in [0.1, 0.15) is 5.82 Å². The van der Waals surface area contributed by atoms with Crippen molar-refractivity contribution in [2.45, 2.75) is 18.5 Å². The van der Waals surface area contributed by atoms with E-state index >= 15 is 0 Å². The molecule has 0 aliphatic carbocycles. The third kappa shape index (κ3) is 1.73. The fraction of sp³-hybridized carbons (Fsp3) is 0.333. The highest BCUT2D eigenvalue weighted by Gasteiger charge is 2.12. The van der Waals surface area contributed by atoms with Crippen molar-refractivity contribution in [1.82, 2.24) is 19.9 Å². The summed E-state index contributed by atoms with van der Waals surface area (Å²) < 4.78 is 0. The van der Waals surface area contributed by atoms with Gasteiger partial charge < -0.3 is 11.5 Å². The SMILES string of the molecule is CCc1nc(SC)nc2nc(N)nc(N)c12. The Hall–Kier alpha value is -1.63. The van der Waals surface area contributed by atoms with Crippen LogP contribution in [0.25, 0.3) is 11.0 Å². The summed E-state index contributed by atoms with van der Waals surface area (Å²) in [4.78, 5) is 16.6. The first-order valence-corrected chi connectivity index (χ1v) is 6.01. The molecule has 2 aromatic rings. The molecule has 0 unspecified atom stereocenters. The first kappa shape index (κ1) is 10.9. The fourth-order valence-corrected chi connectivity index (χ4v) is 1.85. The lowest BCUT2D eigenvalue weighted by atomic mass is 10.2. The molecule has 0 spiro atoms. The van der Waals surface area contributed by atoms with Gasteiger partial charge in [-0.3, -0.25) is 0 Å². The number of aryl methyl sites for hydroxylation is 1. The number of anilines is 2. The highest BCUT2D eigenvalue weighted by molar-refractivity contribution is 7.98. The molecule has 6 nitrogen and oxygen atoms in total. The van der Waals surface area contributed by atoms with E-state index in [4.69, 9.17) is 11.5 Å². The molecule has 0 aliphatic rings. The molecular formula is C9H12N6S. The van der Waals surface area contributed by atoms with Gasteiger partial charge in [0, 0.05) is 0 Å². The van der Waals surface area contributed by atoms with E-state index in [1.165, 1.54) is 11.8 Å². The number of hydrogen-bond donors (Lipinski definition) is 2. The number of hydrogen-bond acceptors (Lipinski definition) is 7. The van der Waals surface area contributed by atoms with E-state index in [2.05, 4.69) is 19.9 Å². The Kier molecular flexibility index (Phi) is 2.78. The van der Waals surface area contributed by atoms with E-state index in [9.17, 15) is 0 Å². The molecule has 16 heavy (non-hydrogen) atoms. The summed E-state index contributed by atoms with van der Waals surface area (Å²) in [6.07, 6.45) is 2.67. The van der Waals surface area contributed by atoms with Crippen LogP contribution in [0.5, 0.6) is 0 Å². The molecule has 2 heterocycles. The van der Waals surface area contributed by atoms with Gasteiger partial charge in [-0.2, -0.15) is 9.97 Å². The summed E-state index contributed by atoms with van der Waals surface area (Å²) in [6.45, 7) is 2.00. The number of aromatic nitrogens is 4. The normalized spacial score (nSPS) is 10.9. The molecule has 84 valence electrons. The van der Waals surface area contributed by atoms with Crippen molar-refractivity contribution in [2.75, 3.05) is 17.7 Å². The third-order valence-corrected chi connectivity index (χ3v) is 2.72. The Morgan fingerprint density at radius 3 is 2.50 bits per heavy atom. The molecule has 0 amide bonds. The van der Waals surface area contributed by atoms with Crippen LogP contribution < -0.4 is 11.5 Å². The van der Waals surface area contributed by atoms with E-state index < -0.39 is 0 Å². The number of nitrogens with zero attached hydrogens (tertiary/aromatic N) is 4. The summed E-state index contributed by atoms with van der Waals surface area (Å²) in [5, 5.41) is 1.37. The van der Waals surface area contributed by atoms with Crippen molar-refractivity contribution >= 4 is 34.6 Å². The zero-order valence-electron chi connectivity index (χ0n) is 9.06. The van der Waals surface area contributed by atoms with Crippen LogP contribution in [0, 0.1) is 0 Å². The maximum Gasteiger partial charge on any atom is 0.224 e. The first-order valence-electron chi connectivity index (χ1n) is 4.79. The van der Waals surface area contributed by atoms with E-state index in [-0.39, 0.29) is 5.95 Å². The van der Waals surface area contributed by atoms with Crippen molar-refractivity contribution < 1.29 is 0 Å². The predicted octanol–water partition coefficient (Wildman–Crippen LogP) is 0.868. The van der Waals surface area contributed by atoms with Crippen molar-refractivity contribution in [2.24, 2.45) is 0 Å². The number of fused-ring (bicyclic) bond motifs is 1. The monoisotopic (exact) mass is 236 g/mol. The Morgan fingerprint density at radius 1 is 1.12 bits per heavy atom. The zero-order chi connectivity index (χ0) is 11.7. The van der Waals surface area contributed by atoms with Gasteiger partial charge in [-0.05, 0) is 12.7 Å². The molecule has 0 atom stereocenters. The summed E-state index contributed by atoms with van der Waals surface area (Å²) in [5.74, 6) is 0.477. The van der Waals surface area contributed by atoms with Gasteiger partial charge in [-0.1, -0.05) is 18.7 Å². The summed E-state index contributed by atoms with van der Waals surface area (Å²) in [5.41, 5.74) is 12.7. The summed E-state index contributed by atoms with van der Waals surface area (Å²) in [6, 6.07) is 0. The Bertz CT molecular complexity index is 541. The molecule has 2 aromatic heterocycles. The van der Waals surface area contributed by atoms with Crippen LogP contribution in [-0.2, 0) is 6.42 Å². The Morgan fingerprint density at radius 2 is 1.88 bits per heavy atom. The summed E-state index contributed by atoms with van der Waals surface area (Å²) in [7, 11) is 0. The molecule has 7 heteroatoms. The lowest BCUT2D eigenvalue weighted by Gasteiger charge is -2.07. The zero-order valence-corrected chi connectivity index (χ0v) is 9.88. The molecular weight excluding hydrogens is 224 g/mol. The van der Waals surface area contributed by atoms with Gasteiger partial charge in [0.2, 0.25) is 5.95 Å². The molecule has 0 aliphatic heterocycles. The molecule has 2 rings (SSSR count). The number of rotatable bonds is 2. The maximum absolute atomic E-state index is 5.81. The van der Waals surface area contributed by atoms with Gasteiger partial charge in [0.05, 0.1) is 11.1 Å². The largest absolute Gasteiger partial charge is 0.383 e. The molecule has 0 saturated heterocycles. The second-order valence-electron chi connectivity index (χ2n) is 3.18. The van der Waals surface area contributed by atoms with Crippen LogP contribution in [0.1, 0.15) is 12.6 Å². The lowest BCUT2D eigenvalue weighted by Crippen LogP contribution is -2.05. The number of nitrogens with two attached hydrogens (primary N) is 2. The van der Waals surface area contributed by atoms with Gasteiger partial charge in [-0.25, -0.2) is 9.97 Å². The van der Waals surface area contributed by atoms with E-state index in [0.717, 1.165) is 12.1 Å². The van der Waals surface area contributed by atoms with Crippen LogP contribution in [0.3, 0.4) is 0 Å². The number of thioether (sulfide) groups is 1. The van der Waals surface area contributed by atoms with Crippen LogP contribution in [0.15, 0.2) is 5.16 Å². The predicted molar refractivity (Wildman–Crippen MR) is 65.1 cm³/mol. The van der Waals surface area contributed by atoms with Crippen LogP contribution >= 0.6 is 11.8 Å². The van der Waals surface area contributed by atoms with Gasteiger partial charge in [-0.15, -0.1) is 0 Å². The lowest BCUT2D eigenvalue weighted by molar-refractivity contribution is 0.913. The molecule has 0 aromatic carbocycles. The second-order valence-corrected chi connectivity index (χ2v) is 3.95. The quantitative estimate of drug-likeness (QED) is 0.589. The van der Waals surface area contributed by atoms with Crippen LogP contribution in [-0.4, -0.2) is 26.2 Å². The minimum Gasteiger partial charge on any atom is -0.383 e. The van der Waals surface area contributed by atoms with Gasteiger partial charge in [0.25, 0.3) is 0 Å². The molecule has 0 radical (unpaired) electrons. The van der Waals surface area contributed by atoms with E-state index in [1.807, 2.05) is 13.2 Å². The highest BCUT2D eigenvalue weighted by atomic mass is 32.2. The third-order valence-electron chi connectivity index (χ3n) is 2.17. The minimum absolute atomic E-state index is 0.137. The Balaban J connectivity index is 2.83. The highest BCUT2D eigenvalue weighted by Crippen LogP contribution is 2.23. The summed E-state index contributed by atoms with van der Waals surface area (Å²) >= 11 is 1.46. The Labute approximate surface area is 96.9 Å². The second kappa shape index (κ2) is 4.09. The van der Waals surface area contributed by atoms with E-state index in [1.54, 1.807) is 0 Å². The van der Waals surface area contributed by atoms with Crippen LogP contribution in [0.4, 0.5) is 11.8 Å². The molecule has 0 saturated carbocycles. The maximum atomic E-state index is 5.81. The van der Waals surface area contributed by atoms with Crippen molar-refractivity contribution in [3.05, 3.63) is 5.69 Å². The minimum atomic E-state index is 0.137. The van der Waals surface area contributed by atoms with Crippen molar-refractivity contribution in [3.8, 4) is 0 Å². The smallest absolute Gasteiger partial charge is 0.224 e. The fourth-order valence-electron chi connectivity index (χ4n) is 1.48. The topological polar surface area (TPSA) is 104 Å². The molecule has 0 fully saturated rings. The average molecular weight is 236 g/mol. The van der Waals surface area contributed by atoms with Crippen molar-refractivity contribution in [1.29, 1.82) is 0 Å². The average Bonchev–Trinajstić information content (AvgIpc) is 2.26. The van der Waals surface area contributed by atoms with Crippen molar-refractivity contribution in [3.63, 3.8) is 0 Å². The number of nitrogen functional groups attached to an aromatic ring is 2. The first-order chi connectivity index (χ1) is 7.65. The van der Waals surface area contributed by atoms with Gasteiger partial charge >= 0.3 is 0 Å². The standard InChI is InChI=1S/C9H12N6S/c1-3-4-5-6(10)13-8(11)14-7(5)15-9(12-4)16-2/h3H2,1-2H3,(H4,10,11,12,13,14,15). The van der Waals surface area contributed by atoms with Crippen LogP contribution in [0.2, 0.25) is 0 Å². The van der Waals surface area contributed by atoms with E-state index in [0.29, 0.717) is 22.0 Å². The molecule has 4 N–H and O–H groups in total. The molecule has 0 bridgehead atoms.